The van der Waals surface area contributed by atoms with Crippen molar-refractivity contribution in [1.29, 1.82) is 0 Å². The van der Waals surface area contributed by atoms with Gasteiger partial charge in [0.25, 0.3) is 0 Å². The highest BCUT2D eigenvalue weighted by atomic mass is 16.4. The maximum Gasteiger partial charge on any atom is 0.326 e. The molecule has 0 aromatic rings. The van der Waals surface area contributed by atoms with Crippen LogP contribution in [0.15, 0.2) is 0 Å². The van der Waals surface area contributed by atoms with Gasteiger partial charge in [0.15, 0.2) is 0 Å². The van der Waals surface area contributed by atoms with E-state index in [1.165, 1.54) is 4.90 Å². The van der Waals surface area contributed by atoms with E-state index in [9.17, 15) is 14.7 Å². The lowest BCUT2D eigenvalue weighted by molar-refractivity contribution is -0.141. The normalized spacial score (nSPS) is 30.6. The number of hydrogen-bond acceptors (Lipinski definition) is 4. The molecule has 2 amide bonds. The summed E-state index contributed by atoms with van der Waals surface area (Å²) < 4.78 is 0. The zero-order valence-electron chi connectivity index (χ0n) is 12.2. The van der Waals surface area contributed by atoms with E-state index >= 15 is 0 Å². The number of aliphatic hydroxyl groups is 1. The zero-order chi connectivity index (χ0) is 15.1. The van der Waals surface area contributed by atoms with Gasteiger partial charge in [0, 0.05) is 38.1 Å². The number of carbonyl (C=O) groups is 2. The predicted molar refractivity (Wildman–Crippen MR) is 72.4 cm³/mol. The second-order valence-corrected chi connectivity index (χ2v) is 6.33. The molecular weight excluding hydrogens is 262 g/mol. The first-order valence-electron chi connectivity index (χ1n) is 6.90. The van der Waals surface area contributed by atoms with Crippen molar-refractivity contribution in [2.45, 2.75) is 38.0 Å². The SMILES string of the molecule is CN1CCN(C(=O)N2C[C@@H](O)C[C@H]2C(=O)O)CC1(C)C. The third-order valence-electron chi connectivity index (χ3n) is 4.40. The van der Waals surface area contributed by atoms with Gasteiger partial charge >= 0.3 is 12.0 Å². The smallest absolute Gasteiger partial charge is 0.326 e. The minimum Gasteiger partial charge on any atom is -0.480 e. The van der Waals surface area contributed by atoms with Crippen molar-refractivity contribution >= 4 is 12.0 Å². The molecule has 0 aromatic carbocycles. The van der Waals surface area contributed by atoms with Crippen LogP contribution >= 0.6 is 0 Å². The van der Waals surface area contributed by atoms with E-state index in [-0.39, 0.29) is 24.5 Å². The molecule has 2 aliphatic rings. The largest absolute Gasteiger partial charge is 0.480 e. The topological polar surface area (TPSA) is 84.3 Å². The van der Waals surface area contributed by atoms with Crippen LogP contribution in [0, 0.1) is 0 Å². The molecule has 2 saturated heterocycles. The van der Waals surface area contributed by atoms with Gasteiger partial charge in [0.05, 0.1) is 6.10 Å². The standard InChI is InChI=1S/C13H23N3O4/c1-13(2)8-15(5-4-14(13)3)12(20)16-7-9(17)6-10(16)11(18)19/h9-10,17H,4-8H2,1-3H3,(H,18,19)/t9-,10-/m0/s1. The Labute approximate surface area is 118 Å². The molecule has 0 bridgehead atoms. The Kier molecular flexibility index (Phi) is 3.93. The molecule has 0 spiro atoms. The first kappa shape index (κ1) is 15.1. The van der Waals surface area contributed by atoms with Crippen LogP contribution in [0.2, 0.25) is 0 Å². The van der Waals surface area contributed by atoms with Crippen LogP contribution in [-0.2, 0) is 4.79 Å². The maximum absolute atomic E-state index is 12.5. The lowest BCUT2D eigenvalue weighted by Gasteiger charge is -2.46. The van der Waals surface area contributed by atoms with E-state index in [0.29, 0.717) is 13.1 Å². The summed E-state index contributed by atoms with van der Waals surface area (Å²) in [5.74, 6) is -1.05. The van der Waals surface area contributed by atoms with Crippen molar-refractivity contribution < 1.29 is 19.8 Å². The number of carboxylic acids is 1. The van der Waals surface area contributed by atoms with Crippen LogP contribution in [-0.4, -0.2) is 87.8 Å². The van der Waals surface area contributed by atoms with Crippen molar-refractivity contribution in [2.75, 3.05) is 33.2 Å². The summed E-state index contributed by atoms with van der Waals surface area (Å²) in [6.45, 7) is 6.11. The summed E-state index contributed by atoms with van der Waals surface area (Å²) in [5.41, 5.74) is -0.134. The number of aliphatic carboxylic acids is 1. The molecule has 7 heteroatoms. The summed E-state index contributed by atoms with van der Waals surface area (Å²) in [7, 11) is 2.02. The van der Waals surface area contributed by atoms with Gasteiger partial charge in [0.2, 0.25) is 0 Å². The molecule has 0 saturated carbocycles. The first-order valence-corrected chi connectivity index (χ1v) is 6.90. The molecule has 2 atom stereocenters. The van der Waals surface area contributed by atoms with Gasteiger partial charge in [-0.3, -0.25) is 4.90 Å². The number of carbonyl (C=O) groups excluding carboxylic acids is 1. The Morgan fingerprint density at radius 1 is 1.25 bits per heavy atom. The van der Waals surface area contributed by atoms with E-state index in [1.807, 2.05) is 7.05 Å². The van der Waals surface area contributed by atoms with E-state index in [0.717, 1.165) is 6.54 Å². The van der Waals surface area contributed by atoms with Crippen LogP contribution in [0.1, 0.15) is 20.3 Å². The Bertz CT molecular complexity index is 412. The van der Waals surface area contributed by atoms with Crippen LogP contribution < -0.4 is 0 Å². The van der Waals surface area contributed by atoms with Crippen molar-refractivity contribution in [1.82, 2.24) is 14.7 Å². The summed E-state index contributed by atoms with van der Waals surface area (Å²) in [6, 6.07) is -1.20. The van der Waals surface area contributed by atoms with E-state index in [4.69, 9.17) is 5.11 Å². The molecule has 0 radical (unpaired) electrons. The quantitative estimate of drug-likeness (QED) is 0.688. The van der Waals surface area contributed by atoms with Crippen LogP contribution in [0.4, 0.5) is 4.79 Å². The fraction of sp³-hybridized carbons (Fsp3) is 0.846. The number of aliphatic hydroxyl groups excluding tert-OH is 1. The zero-order valence-corrected chi connectivity index (χ0v) is 12.2. The number of piperazine rings is 1. The Morgan fingerprint density at radius 3 is 2.45 bits per heavy atom. The first-order chi connectivity index (χ1) is 9.22. The predicted octanol–water partition coefficient (Wildman–Crippen LogP) is -0.348. The molecular formula is C13H23N3O4. The van der Waals surface area contributed by atoms with Gasteiger partial charge in [0.1, 0.15) is 6.04 Å². The van der Waals surface area contributed by atoms with Crippen molar-refractivity contribution in [3.8, 4) is 0 Å². The molecule has 0 aromatic heterocycles. The monoisotopic (exact) mass is 285 g/mol. The summed E-state index contributed by atoms with van der Waals surface area (Å²) in [5, 5.41) is 18.8. The minimum atomic E-state index is -1.05. The van der Waals surface area contributed by atoms with Crippen molar-refractivity contribution in [3.63, 3.8) is 0 Å². The summed E-state index contributed by atoms with van der Waals surface area (Å²) in [6.07, 6.45) is -0.640. The van der Waals surface area contributed by atoms with Crippen LogP contribution in [0.25, 0.3) is 0 Å². The van der Waals surface area contributed by atoms with Gasteiger partial charge < -0.3 is 20.0 Å². The van der Waals surface area contributed by atoms with Crippen molar-refractivity contribution in [2.24, 2.45) is 0 Å². The lowest BCUT2D eigenvalue weighted by atomic mass is 10.00. The number of urea groups is 1. The molecule has 2 aliphatic heterocycles. The summed E-state index contributed by atoms with van der Waals surface area (Å²) >= 11 is 0. The fourth-order valence-corrected chi connectivity index (χ4v) is 2.84. The molecule has 2 heterocycles. The van der Waals surface area contributed by atoms with E-state index < -0.39 is 18.1 Å². The number of nitrogens with zero attached hydrogens (tertiary/aromatic N) is 3. The number of likely N-dealkylation sites (N-methyl/N-ethyl adjacent to an activating group) is 1. The Morgan fingerprint density at radius 2 is 1.90 bits per heavy atom. The Hall–Kier alpha value is -1.34. The Balaban J connectivity index is 2.09. The molecule has 2 fully saturated rings. The molecule has 20 heavy (non-hydrogen) atoms. The highest BCUT2D eigenvalue weighted by molar-refractivity contribution is 5.83. The number of β-amino-alcohol motifs (C(OH)–C–C–N with tert-alkyl or cyclic N) is 1. The number of hydrogen-bond donors (Lipinski definition) is 2. The van der Waals surface area contributed by atoms with Gasteiger partial charge in [-0.25, -0.2) is 9.59 Å². The van der Waals surface area contributed by atoms with Gasteiger partial charge in [-0.2, -0.15) is 0 Å². The maximum atomic E-state index is 12.5. The van der Waals surface area contributed by atoms with E-state index in [2.05, 4.69) is 18.7 Å². The molecule has 0 unspecified atom stereocenters. The van der Waals surface area contributed by atoms with E-state index in [1.54, 1.807) is 4.90 Å². The molecule has 2 rings (SSSR count). The lowest BCUT2D eigenvalue weighted by Crippen LogP contribution is -2.61. The van der Waals surface area contributed by atoms with Gasteiger partial charge in [-0.1, -0.05) is 0 Å². The number of carboxylic acid groups (broad SMARTS) is 1. The highest BCUT2D eigenvalue weighted by Crippen LogP contribution is 2.24. The number of amides is 2. The molecule has 2 N–H and O–H groups in total. The fourth-order valence-electron chi connectivity index (χ4n) is 2.84. The third kappa shape index (κ3) is 2.73. The summed E-state index contributed by atoms with van der Waals surface area (Å²) in [4.78, 5) is 28.9. The minimum absolute atomic E-state index is 0.0998. The average Bonchev–Trinajstić information content (AvgIpc) is 2.74. The molecule has 7 nitrogen and oxygen atoms in total. The third-order valence-corrected chi connectivity index (χ3v) is 4.40. The van der Waals surface area contributed by atoms with Crippen LogP contribution in [0.3, 0.4) is 0 Å². The number of rotatable bonds is 1. The molecule has 0 aliphatic carbocycles. The van der Waals surface area contributed by atoms with Crippen LogP contribution in [0.5, 0.6) is 0 Å². The average molecular weight is 285 g/mol. The second-order valence-electron chi connectivity index (χ2n) is 6.33. The molecule has 114 valence electrons. The highest BCUT2D eigenvalue weighted by Gasteiger charge is 2.42. The van der Waals surface area contributed by atoms with Gasteiger partial charge in [-0.15, -0.1) is 0 Å². The second kappa shape index (κ2) is 5.21. The van der Waals surface area contributed by atoms with Crippen molar-refractivity contribution in [3.05, 3.63) is 0 Å². The number of likely N-dealkylation sites (tertiary alicyclic amines) is 1. The van der Waals surface area contributed by atoms with Gasteiger partial charge in [-0.05, 0) is 20.9 Å².